The molecule has 0 atom stereocenters. The lowest BCUT2D eigenvalue weighted by Gasteiger charge is -2.11. The van der Waals surface area contributed by atoms with Gasteiger partial charge in [-0.15, -0.1) is 0 Å². The van der Waals surface area contributed by atoms with Gasteiger partial charge in [0.25, 0.3) is 0 Å². The molecule has 1 heterocycles. The van der Waals surface area contributed by atoms with Crippen LogP contribution < -0.4 is 15.4 Å². The second-order valence-electron chi connectivity index (χ2n) is 6.29. The van der Waals surface area contributed by atoms with Crippen molar-refractivity contribution >= 4 is 5.96 Å². The summed E-state index contributed by atoms with van der Waals surface area (Å²) in [6, 6.07) is 24.1. The summed E-state index contributed by atoms with van der Waals surface area (Å²) in [6.45, 7) is 4.67. The second-order valence-corrected chi connectivity index (χ2v) is 6.29. The first kappa shape index (κ1) is 19.4. The van der Waals surface area contributed by atoms with Gasteiger partial charge in [-0.3, -0.25) is 4.98 Å². The van der Waals surface area contributed by atoms with Gasteiger partial charge in [0, 0.05) is 12.7 Å². The minimum absolute atomic E-state index is 0.557. The fourth-order valence-electron chi connectivity index (χ4n) is 2.61. The predicted octanol–water partition coefficient (Wildman–Crippen LogP) is 3.92. The number of aromatic nitrogens is 1. The molecule has 0 saturated heterocycles. The molecule has 0 amide bonds. The normalized spacial score (nSPS) is 11.1. The molecule has 144 valence electrons. The summed E-state index contributed by atoms with van der Waals surface area (Å²) in [5, 5.41) is 6.58. The second kappa shape index (κ2) is 10.7. The molecule has 5 heteroatoms. The van der Waals surface area contributed by atoms with Crippen LogP contribution in [0, 0.1) is 0 Å². The minimum Gasteiger partial charge on any atom is -0.489 e. The largest absolute Gasteiger partial charge is 0.489 e. The average Bonchev–Trinajstić information content (AvgIpc) is 2.76. The van der Waals surface area contributed by atoms with E-state index in [1.165, 1.54) is 0 Å². The van der Waals surface area contributed by atoms with Gasteiger partial charge in [-0.1, -0.05) is 48.5 Å². The van der Waals surface area contributed by atoms with E-state index >= 15 is 0 Å². The smallest absolute Gasteiger partial charge is 0.191 e. The summed E-state index contributed by atoms with van der Waals surface area (Å²) < 4.78 is 5.78. The summed E-state index contributed by atoms with van der Waals surface area (Å²) >= 11 is 0. The molecular weight excluding hydrogens is 348 g/mol. The number of guanidine groups is 1. The Morgan fingerprint density at radius 3 is 2.36 bits per heavy atom. The predicted molar refractivity (Wildman–Crippen MR) is 113 cm³/mol. The van der Waals surface area contributed by atoms with Crippen LogP contribution in [-0.4, -0.2) is 17.5 Å². The SMILES string of the molecule is CCNC(=NCc1ccc(COc2ccccc2)cc1)NCc1ccccn1. The Kier molecular flexibility index (Phi) is 7.44. The van der Waals surface area contributed by atoms with E-state index in [1.807, 2.05) is 48.5 Å². The molecule has 0 unspecified atom stereocenters. The molecule has 0 aliphatic heterocycles. The van der Waals surface area contributed by atoms with Gasteiger partial charge >= 0.3 is 0 Å². The molecule has 3 aromatic rings. The summed E-state index contributed by atoms with van der Waals surface area (Å²) in [5.41, 5.74) is 3.27. The lowest BCUT2D eigenvalue weighted by Crippen LogP contribution is -2.36. The zero-order valence-electron chi connectivity index (χ0n) is 16.1. The molecule has 28 heavy (non-hydrogen) atoms. The Labute approximate surface area is 166 Å². The summed E-state index contributed by atoms with van der Waals surface area (Å²) in [5.74, 6) is 1.66. The van der Waals surface area contributed by atoms with Gasteiger partial charge in [-0.25, -0.2) is 4.99 Å². The molecule has 0 radical (unpaired) electrons. The molecule has 0 saturated carbocycles. The Balaban J connectivity index is 1.52. The molecule has 0 spiro atoms. The van der Waals surface area contributed by atoms with Gasteiger partial charge < -0.3 is 15.4 Å². The molecule has 1 aromatic heterocycles. The number of benzene rings is 2. The number of nitrogens with one attached hydrogen (secondary N) is 2. The van der Waals surface area contributed by atoms with Crippen molar-refractivity contribution in [3.8, 4) is 5.75 Å². The van der Waals surface area contributed by atoms with Crippen molar-refractivity contribution < 1.29 is 4.74 Å². The van der Waals surface area contributed by atoms with Gasteiger partial charge in [-0.05, 0) is 42.3 Å². The van der Waals surface area contributed by atoms with E-state index in [9.17, 15) is 0 Å². The van der Waals surface area contributed by atoms with Crippen molar-refractivity contribution in [2.24, 2.45) is 4.99 Å². The molecule has 2 N–H and O–H groups in total. The topological polar surface area (TPSA) is 58.5 Å². The van der Waals surface area contributed by atoms with Crippen molar-refractivity contribution in [2.45, 2.75) is 26.6 Å². The standard InChI is InChI=1S/C23H26N4O/c1-2-24-23(27-17-21-8-6-7-15-25-21)26-16-19-11-13-20(14-12-19)18-28-22-9-4-3-5-10-22/h3-15H,2,16-18H2,1H3,(H2,24,26,27). The fraction of sp³-hybridized carbons (Fsp3) is 0.217. The molecular formula is C23H26N4O. The lowest BCUT2D eigenvalue weighted by atomic mass is 10.1. The van der Waals surface area contributed by atoms with Crippen molar-refractivity contribution in [2.75, 3.05) is 6.54 Å². The molecule has 0 fully saturated rings. The maximum absolute atomic E-state index is 5.78. The summed E-state index contributed by atoms with van der Waals surface area (Å²) in [6.07, 6.45) is 1.80. The summed E-state index contributed by atoms with van der Waals surface area (Å²) in [4.78, 5) is 8.98. The maximum atomic E-state index is 5.78. The monoisotopic (exact) mass is 374 g/mol. The van der Waals surface area contributed by atoms with Gasteiger partial charge in [0.05, 0.1) is 18.8 Å². The van der Waals surface area contributed by atoms with Gasteiger partial charge in [0.1, 0.15) is 12.4 Å². The fourth-order valence-corrected chi connectivity index (χ4v) is 2.61. The number of aliphatic imine (C=N–C) groups is 1. The molecule has 0 aliphatic carbocycles. The number of rotatable bonds is 8. The highest BCUT2D eigenvalue weighted by Crippen LogP contribution is 2.12. The van der Waals surface area contributed by atoms with Crippen LogP contribution in [0.4, 0.5) is 0 Å². The van der Waals surface area contributed by atoms with Crippen LogP contribution in [0.15, 0.2) is 84.0 Å². The van der Waals surface area contributed by atoms with Gasteiger partial charge in [0.2, 0.25) is 0 Å². The molecule has 2 aromatic carbocycles. The number of hydrogen-bond acceptors (Lipinski definition) is 3. The molecule has 3 rings (SSSR count). The van der Waals surface area contributed by atoms with Crippen LogP contribution in [0.25, 0.3) is 0 Å². The molecule has 5 nitrogen and oxygen atoms in total. The van der Waals surface area contributed by atoms with E-state index in [0.717, 1.165) is 35.1 Å². The highest BCUT2D eigenvalue weighted by molar-refractivity contribution is 5.79. The number of para-hydroxylation sites is 1. The zero-order valence-corrected chi connectivity index (χ0v) is 16.1. The Hall–Kier alpha value is -3.34. The number of pyridine rings is 1. The first-order valence-corrected chi connectivity index (χ1v) is 9.51. The van der Waals surface area contributed by atoms with E-state index in [4.69, 9.17) is 4.74 Å². The Morgan fingerprint density at radius 1 is 0.893 bits per heavy atom. The Morgan fingerprint density at radius 2 is 1.64 bits per heavy atom. The van der Waals surface area contributed by atoms with E-state index in [1.54, 1.807) is 6.20 Å². The highest BCUT2D eigenvalue weighted by atomic mass is 16.5. The van der Waals surface area contributed by atoms with Crippen molar-refractivity contribution in [3.05, 3.63) is 95.8 Å². The molecule has 0 bridgehead atoms. The maximum Gasteiger partial charge on any atom is 0.191 e. The van der Waals surface area contributed by atoms with Crippen molar-refractivity contribution in [1.29, 1.82) is 0 Å². The third-order valence-electron chi connectivity index (χ3n) is 4.10. The number of hydrogen-bond donors (Lipinski definition) is 2. The highest BCUT2D eigenvalue weighted by Gasteiger charge is 2.00. The van der Waals surface area contributed by atoms with Gasteiger partial charge in [0.15, 0.2) is 5.96 Å². The first-order chi connectivity index (χ1) is 13.8. The van der Waals surface area contributed by atoms with Crippen LogP contribution in [0.5, 0.6) is 5.75 Å². The van der Waals surface area contributed by atoms with Crippen molar-refractivity contribution in [1.82, 2.24) is 15.6 Å². The lowest BCUT2D eigenvalue weighted by molar-refractivity contribution is 0.306. The molecule has 0 aliphatic rings. The van der Waals surface area contributed by atoms with Crippen LogP contribution in [0.3, 0.4) is 0 Å². The van der Waals surface area contributed by atoms with Gasteiger partial charge in [-0.2, -0.15) is 0 Å². The first-order valence-electron chi connectivity index (χ1n) is 9.51. The van der Waals surface area contributed by atoms with Crippen LogP contribution in [-0.2, 0) is 19.7 Å². The van der Waals surface area contributed by atoms with E-state index in [-0.39, 0.29) is 0 Å². The van der Waals surface area contributed by atoms with E-state index < -0.39 is 0 Å². The quantitative estimate of drug-likeness (QED) is 0.464. The summed E-state index contributed by atoms with van der Waals surface area (Å²) in [7, 11) is 0. The van der Waals surface area contributed by atoms with Crippen LogP contribution in [0.1, 0.15) is 23.7 Å². The van der Waals surface area contributed by atoms with E-state index in [2.05, 4.69) is 51.8 Å². The third-order valence-corrected chi connectivity index (χ3v) is 4.10. The third kappa shape index (κ3) is 6.43. The Bertz CT molecular complexity index is 849. The zero-order chi connectivity index (χ0) is 19.4. The van der Waals surface area contributed by atoms with E-state index in [0.29, 0.717) is 19.7 Å². The minimum atomic E-state index is 0.557. The number of ether oxygens (including phenoxy) is 1. The van der Waals surface area contributed by atoms with Crippen LogP contribution in [0.2, 0.25) is 0 Å². The van der Waals surface area contributed by atoms with Crippen LogP contribution >= 0.6 is 0 Å². The average molecular weight is 374 g/mol. The van der Waals surface area contributed by atoms with Crippen molar-refractivity contribution in [3.63, 3.8) is 0 Å². The number of nitrogens with zero attached hydrogens (tertiary/aromatic N) is 2.